The molecule has 1 aromatic heterocycles. The van der Waals surface area contributed by atoms with Crippen LogP contribution < -0.4 is 5.32 Å². The molecular formula is C12H20N2O2. The summed E-state index contributed by atoms with van der Waals surface area (Å²) in [6, 6.07) is 0. The highest BCUT2D eigenvalue weighted by Crippen LogP contribution is 2.35. The third-order valence-electron chi connectivity index (χ3n) is 3.00. The van der Waals surface area contributed by atoms with Crippen molar-refractivity contribution in [3.05, 3.63) is 17.8 Å². The maximum absolute atomic E-state index is 5.72. The molecule has 0 saturated carbocycles. The van der Waals surface area contributed by atoms with E-state index >= 15 is 0 Å². The van der Waals surface area contributed by atoms with Crippen molar-refractivity contribution in [2.75, 3.05) is 13.2 Å². The Morgan fingerprint density at radius 3 is 3.12 bits per heavy atom. The van der Waals surface area contributed by atoms with Crippen molar-refractivity contribution in [1.82, 2.24) is 10.3 Å². The van der Waals surface area contributed by atoms with Crippen LogP contribution in [0.4, 0.5) is 0 Å². The molecule has 0 aromatic carbocycles. The molecule has 16 heavy (non-hydrogen) atoms. The summed E-state index contributed by atoms with van der Waals surface area (Å²) >= 11 is 0. The number of aromatic nitrogens is 1. The summed E-state index contributed by atoms with van der Waals surface area (Å²) in [6.45, 7) is 6.72. The van der Waals surface area contributed by atoms with Gasteiger partial charge in [0.1, 0.15) is 5.60 Å². The molecule has 1 atom stereocenters. The van der Waals surface area contributed by atoms with Crippen LogP contribution in [0.25, 0.3) is 0 Å². The minimum Gasteiger partial charge on any atom is -0.441 e. The van der Waals surface area contributed by atoms with E-state index in [2.05, 4.69) is 24.1 Å². The normalized spacial score (nSPS) is 25.1. The van der Waals surface area contributed by atoms with Crippen molar-refractivity contribution in [3.63, 3.8) is 0 Å². The van der Waals surface area contributed by atoms with E-state index in [9.17, 15) is 0 Å². The predicted molar refractivity (Wildman–Crippen MR) is 61.0 cm³/mol. The van der Waals surface area contributed by atoms with E-state index in [0.29, 0.717) is 6.54 Å². The van der Waals surface area contributed by atoms with Gasteiger partial charge in [-0.15, -0.1) is 0 Å². The van der Waals surface area contributed by atoms with Crippen LogP contribution in [0.3, 0.4) is 0 Å². The van der Waals surface area contributed by atoms with Gasteiger partial charge in [0.05, 0.1) is 12.7 Å². The minimum absolute atomic E-state index is 0.254. The highest BCUT2D eigenvalue weighted by atomic mass is 16.5. The van der Waals surface area contributed by atoms with Gasteiger partial charge in [0.25, 0.3) is 0 Å². The fourth-order valence-electron chi connectivity index (χ4n) is 1.98. The fourth-order valence-corrected chi connectivity index (χ4v) is 1.98. The van der Waals surface area contributed by atoms with Gasteiger partial charge in [0.15, 0.2) is 5.76 Å². The van der Waals surface area contributed by atoms with E-state index in [1.807, 2.05) is 0 Å². The van der Waals surface area contributed by atoms with Gasteiger partial charge in [-0.25, -0.2) is 4.98 Å². The smallest absolute Gasteiger partial charge is 0.208 e. The first-order chi connectivity index (χ1) is 7.74. The first kappa shape index (κ1) is 11.6. The van der Waals surface area contributed by atoms with E-state index in [1.54, 1.807) is 6.20 Å². The van der Waals surface area contributed by atoms with Crippen LogP contribution in [0.15, 0.2) is 10.6 Å². The van der Waals surface area contributed by atoms with Crippen molar-refractivity contribution < 1.29 is 9.15 Å². The van der Waals surface area contributed by atoms with Gasteiger partial charge in [-0.2, -0.15) is 0 Å². The Bertz CT molecular complexity index is 330. The van der Waals surface area contributed by atoms with E-state index in [4.69, 9.17) is 9.15 Å². The van der Waals surface area contributed by atoms with Gasteiger partial charge in [-0.3, -0.25) is 0 Å². The van der Waals surface area contributed by atoms with Gasteiger partial charge in [-0.05, 0) is 32.7 Å². The van der Waals surface area contributed by atoms with E-state index in [-0.39, 0.29) is 5.60 Å². The Morgan fingerprint density at radius 1 is 1.56 bits per heavy atom. The third-order valence-corrected chi connectivity index (χ3v) is 3.00. The lowest BCUT2D eigenvalue weighted by Crippen LogP contribution is -2.19. The molecule has 0 bridgehead atoms. The quantitative estimate of drug-likeness (QED) is 0.779. The number of ether oxygens (including phenoxy) is 1. The van der Waals surface area contributed by atoms with Crippen LogP contribution >= 0.6 is 0 Å². The molecule has 0 spiro atoms. The Labute approximate surface area is 96.4 Å². The summed E-state index contributed by atoms with van der Waals surface area (Å²) in [6.07, 6.45) is 5.04. The van der Waals surface area contributed by atoms with Crippen LogP contribution in [0, 0.1) is 0 Å². The predicted octanol–water partition coefficient (Wildman–Crippen LogP) is 2.20. The average Bonchev–Trinajstić information content (AvgIpc) is 2.88. The van der Waals surface area contributed by atoms with Crippen molar-refractivity contribution in [2.24, 2.45) is 0 Å². The number of hydrogen-bond acceptors (Lipinski definition) is 4. The molecule has 2 rings (SSSR count). The molecule has 2 heterocycles. The summed E-state index contributed by atoms with van der Waals surface area (Å²) in [7, 11) is 0. The summed E-state index contributed by atoms with van der Waals surface area (Å²) in [5.74, 6) is 1.61. The standard InChI is InChI=1S/C12H20N2O2/c1-3-6-13-9-11-14-8-10(16-11)12(2)5-4-7-15-12/h8,13H,3-7,9H2,1-2H3. The van der Waals surface area contributed by atoms with E-state index in [1.165, 1.54) is 0 Å². The summed E-state index contributed by atoms with van der Waals surface area (Å²) in [5.41, 5.74) is -0.254. The van der Waals surface area contributed by atoms with Crippen molar-refractivity contribution in [1.29, 1.82) is 0 Å². The number of oxazole rings is 1. The number of rotatable bonds is 5. The third kappa shape index (κ3) is 2.44. The Morgan fingerprint density at radius 2 is 2.44 bits per heavy atom. The summed E-state index contributed by atoms with van der Waals surface area (Å²) < 4.78 is 11.4. The SMILES string of the molecule is CCCNCc1ncc(C2(C)CCCO2)o1. The maximum Gasteiger partial charge on any atom is 0.208 e. The van der Waals surface area contributed by atoms with Gasteiger partial charge < -0.3 is 14.5 Å². The Kier molecular flexibility index (Phi) is 3.61. The maximum atomic E-state index is 5.72. The Hall–Kier alpha value is -0.870. The minimum atomic E-state index is -0.254. The molecule has 1 N–H and O–H groups in total. The molecule has 0 amide bonds. The van der Waals surface area contributed by atoms with E-state index < -0.39 is 0 Å². The molecule has 1 saturated heterocycles. The highest BCUT2D eigenvalue weighted by Gasteiger charge is 2.35. The zero-order valence-corrected chi connectivity index (χ0v) is 10.1. The summed E-state index contributed by atoms with van der Waals surface area (Å²) in [4.78, 5) is 4.27. The zero-order chi connectivity index (χ0) is 11.4. The topological polar surface area (TPSA) is 47.3 Å². The highest BCUT2D eigenvalue weighted by molar-refractivity contribution is 5.07. The molecule has 1 aromatic rings. The largest absolute Gasteiger partial charge is 0.441 e. The number of hydrogen-bond donors (Lipinski definition) is 1. The first-order valence-corrected chi connectivity index (χ1v) is 6.04. The number of nitrogens with one attached hydrogen (secondary N) is 1. The lowest BCUT2D eigenvalue weighted by Gasteiger charge is -2.19. The lowest BCUT2D eigenvalue weighted by atomic mass is 10.0. The van der Waals surface area contributed by atoms with Crippen LogP contribution in [-0.4, -0.2) is 18.1 Å². The molecule has 1 aliphatic heterocycles. The molecule has 4 nitrogen and oxygen atoms in total. The molecule has 90 valence electrons. The molecule has 1 fully saturated rings. The van der Waals surface area contributed by atoms with Crippen LogP contribution in [0.1, 0.15) is 44.8 Å². The van der Waals surface area contributed by atoms with Crippen molar-refractivity contribution >= 4 is 0 Å². The first-order valence-electron chi connectivity index (χ1n) is 6.04. The zero-order valence-electron chi connectivity index (χ0n) is 10.1. The fraction of sp³-hybridized carbons (Fsp3) is 0.750. The second kappa shape index (κ2) is 4.97. The summed E-state index contributed by atoms with van der Waals surface area (Å²) in [5, 5.41) is 3.27. The Balaban J connectivity index is 1.96. The second-order valence-corrected chi connectivity index (χ2v) is 4.48. The molecule has 0 radical (unpaired) electrons. The molecular weight excluding hydrogens is 204 g/mol. The molecule has 0 aliphatic carbocycles. The van der Waals surface area contributed by atoms with Gasteiger partial charge in [-0.1, -0.05) is 6.92 Å². The van der Waals surface area contributed by atoms with Crippen molar-refractivity contribution in [2.45, 2.75) is 45.3 Å². The molecule has 1 aliphatic rings. The van der Waals surface area contributed by atoms with Crippen LogP contribution in [-0.2, 0) is 16.9 Å². The van der Waals surface area contributed by atoms with Crippen LogP contribution in [0.2, 0.25) is 0 Å². The lowest BCUT2D eigenvalue weighted by molar-refractivity contribution is -0.00171. The molecule has 1 unspecified atom stereocenters. The second-order valence-electron chi connectivity index (χ2n) is 4.48. The van der Waals surface area contributed by atoms with E-state index in [0.717, 1.165) is 44.1 Å². The average molecular weight is 224 g/mol. The number of nitrogens with zero attached hydrogens (tertiary/aromatic N) is 1. The monoisotopic (exact) mass is 224 g/mol. The van der Waals surface area contributed by atoms with Crippen molar-refractivity contribution in [3.8, 4) is 0 Å². The van der Waals surface area contributed by atoms with Gasteiger partial charge in [0.2, 0.25) is 5.89 Å². The van der Waals surface area contributed by atoms with Gasteiger partial charge in [0, 0.05) is 6.61 Å². The molecule has 4 heteroatoms. The van der Waals surface area contributed by atoms with Crippen LogP contribution in [0.5, 0.6) is 0 Å². The van der Waals surface area contributed by atoms with Gasteiger partial charge >= 0.3 is 0 Å².